The molecule has 0 aromatic carbocycles. The smallest absolute Gasteiger partial charge is 0.306 e. The molecule has 0 aromatic rings. The van der Waals surface area contributed by atoms with Gasteiger partial charge in [0.1, 0.15) is 24.4 Å². The van der Waals surface area contributed by atoms with Gasteiger partial charge in [-0.3, -0.25) is 9.59 Å². The molecule has 1 fully saturated rings. The first-order valence-electron chi connectivity index (χ1n) is 35.7. The van der Waals surface area contributed by atoms with Crippen LogP contribution in [0.5, 0.6) is 0 Å². The molecule has 1 saturated heterocycles. The van der Waals surface area contributed by atoms with E-state index in [1.807, 2.05) is 6.08 Å². The van der Waals surface area contributed by atoms with Crippen LogP contribution >= 0.6 is 0 Å². The molecule has 1 heterocycles. The number of hydrogen-bond acceptors (Lipinski definition) is 10. The summed E-state index contributed by atoms with van der Waals surface area (Å²) in [4.78, 5) is 26.7. The van der Waals surface area contributed by atoms with Crippen LogP contribution < -0.4 is 5.32 Å². The van der Waals surface area contributed by atoms with Crippen molar-refractivity contribution in [1.82, 2.24) is 5.32 Å². The van der Waals surface area contributed by atoms with Gasteiger partial charge in [-0.15, -0.1) is 0 Å². The highest BCUT2D eigenvalue weighted by Crippen LogP contribution is 2.26. The second kappa shape index (κ2) is 62.5. The van der Waals surface area contributed by atoms with Crippen LogP contribution in [-0.4, -0.2) is 99.6 Å². The van der Waals surface area contributed by atoms with Gasteiger partial charge in [-0.25, -0.2) is 0 Å². The topological polar surface area (TPSA) is 175 Å². The van der Waals surface area contributed by atoms with Crippen LogP contribution in [0.25, 0.3) is 0 Å². The first-order chi connectivity index (χ1) is 42.7. The highest BCUT2D eigenvalue weighted by molar-refractivity contribution is 5.80. The fraction of sp³-hybridized carbons (Fsp3) is 0.737. The average Bonchev–Trinajstić information content (AvgIpc) is 3.12. The minimum Gasteiger partial charge on any atom is -0.454 e. The van der Waals surface area contributed by atoms with Crippen LogP contribution in [0, 0.1) is 0 Å². The molecule has 8 atom stereocenters. The van der Waals surface area contributed by atoms with Gasteiger partial charge in [0.15, 0.2) is 12.4 Å². The van der Waals surface area contributed by atoms with E-state index in [0.717, 1.165) is 122 Å². The van der Waals surface area contributed by atoms with Crippen molar-refractivity contribution in [3.63, 3.8) is 0 Å². The third-order valence-corrected chi connectivity index (χ3v) is 16.2. The van der Waals surface area contributed by atoms with Gasteiger partial charge in [-0.1, -0.05) is 291 Å². The molecule has 6 N–H and O–H groups in total. The molecule has 0 aromatic heterocycles. The normalized spacial score (nSPS) is 18.9. The third-order valence-electron chi connectivity index (χ3n) is 16.2. The van der Waals surface area contributed by atoms with Crippen LogP contribution in [0.4, 0.5) is 0 Å². The van der Waals surface area contributed by atoms with Gasteiger partial charge in [0.05, 0.1) is 25.4 Å². The Labute approximate surface area is 532 Å². The number of rotatable bonds is 60. The SMILES string of the molecule is CC/C=C\C/C=C\C/C=C\C/C=C\C/C=C\CCCCCCCCCCCC(=O)OC1C(OCC(NC(=O)C(O)CCCCCCCCCCC/C=C\C/C=C\C/C=C\CCCCC)C(O)/C=C/CCCCCCCCCCC)OC(CO)C(O)C1O. The lowest BCUT2D eigenvalue weighted by atomic mass is 9.99. The summed E-state index contributed by atoms with van der Waals surface area (Å²) < 4.78 is 17.7. The number of unbranched alkanes of at least 4 members (excludes halogenated alkanes) is 30. The zero-order chi connectivity index (χ0) is 63.1. The first-order valence-corrected chi connectivity index (χ1v) is 35.7. The summed E-state index contributed by atoms with van der Waals surface area (Å²) in [6.07, 6.45) is 75.5. The maximum atomic E-state index is 13.5. The Bertz CT molecular complexity index is 1830. The number of esters is 1. The molecule has 0 radical (unpaired) electrons. The number of hydrogen-bond donors (Lipinski definition) is 6. The summed E-state index contributed by atoms with van der Waals surface area (Å²) in [5.74, 6) is -1.21. The van der Waals surface area contributed by atoms with Gasteiger partial charge in [0.2, 0.25) is 5.91 Å². The molecule has 11 nitrogen and oxygen atoms in total. The number of aliphatic hydroxyl groups is 5. The van der Waals surface area contributed by atoms with E-state index < -0.39 is 67.4 Å². The largest absolute Gasteiger partial charge is 0.454 e. The highest BCUT2D eigenvalue weighted by atomic mass is 16.7. The monoisotopic (exact) mass is 1220 g/mol. The van der Waals surface area contributed by atoms with Crippen molar-refractivity contribution >= 4 is 11.9 Å². The summed E-state index contributed by atoms with van der Waals surface area (Å²) in [6, 6.07) is -1.03. The molecule has 87 heavy (non-hydrogen) atoms. The summed E-state index contributed by atoms with van der Waals surface area (Å²) in [5, 5.41) is 57.2. The van der Waals surface area contributed by atoms with Gasteiger partial charge < -0.3 is 45.1 Å². The van der Waals surface area contributed by atoms with E-state index in [2.05, 4.69) is 123 Å². The number of carbonyl (C=O) groups excluding carboxylic acids is 2. The molecule has 0 bridgehead atoms. The molecule has 1 aliphatic heterocycles. The van der Waals surface area contributed by atoms with Crippen molar-refractivity contribution in [3.8, 4) is 0 Å². The molecule has 1 aliphatic rings. The fourth-order valence-corrected chi connectivity index (χ4v) is 10.6. The Morgan fingerprint density at radius 1 is 0.460 bits per heavy atom. The van der Waals surface area contributed by atoms with Crippen molar-refractivity contribution in [2.45, 2.75) is 346 Å². The zero-order valence-electron chi connectivity index (χ0n) is 55.6. The third kappa shape index (κ3) is 49.7. The Morgan fingerprint density at radius 3 is 1.26 bits per heavy atom. The van der Waals surface area contributed by atoms with Crippen LogP contribution in [0.15, 0.2) is 109 Å². The van der Waals surface area contributed by atoms with E-state index in [9.17, 15) is 35.1 Å². The van der Waals surface area contributed by atoms with Crippen LogP contribution in [-0.2, 0) is 23.8 Å². The predicted octanol–water partition coefficient (Wildman–Crippen LogP) is 18.4. The van der Waals surface area contributed by atoms with Crippen molar-refractivity contribution in [2.24, 2.45) is 0 Å². The summed E-state index contributed by atoms with van der Waals surface area (Å²) in [6.45, 7) is 5.66. The second-order valence-corrected chi connectivity index (χ2v) is 24.2. The van der Waals surface area contributed by atoms with Crippen LogP contribution in [0.1, 0.15) is 297 Å². The van der Waals surface area contributed by atoms with Crippen molar-refractivity contribution < 1.29 is 49.3 Å². The van der Waals surface area contributed by atoms with Crippen molar-refractivity contribution in [1.29, 1.82) is 0 Å². The van der Waals surface area contributed by atoms with Gasteiger partial charge >= 0.3 is 5.97 Å². The first kappa shape index (κ1) is 81.3. The van der Waals surface area contributed by atoms with E-state index in [0.29, 0.717) is 12.8 Å². The summed E-state index contributed by atoms with van der Waals surface area (Å²) >= 11 is 0. The Kier molecular flexibility index (Phi) is 58.4. The Morgan fingerprint density at radius 2 is 0.828 bits per heavy atom. The van der Waals surface area contributed by atoms with Crippen molar-refractivity contribution in [2.75, 3.05) is 13.2 Å². The molecule has 0 aliphatic carbocycles. The Hall–Kier alpha value is -3.68. The molecule has 500 valence electrons. The number of aliphatic hydroxyl groups excluding tert-OH is 5. The lowest BCUT2D eigenvalue weighted by Crippen LogP contribution is -2.61. The molecular formula is C76H131NO10. The molecule has 1 rings (SSSR count). The quantitative estimate of drug-likeness (QED) is 0.0195. The molecule has 11 heteroatoms. The van der Waals surface area contributed by atoms with Gasteiger partial charge in [-0.05, 0) is 109 Å². The maximum absolute atomic E-state index is 13.5. The summed E-state index contributed by atoms with van der Waals surface area (Å²) in [5.41, 5.74) is 0. The van der Waals surface area contributed by atoms with Gasteiger partial charge in [-0.2, -0.15) is 0 Å². The highest BCUT2D eigenvalue weighted by Gasteiger charge is 2.47. The van der Waals surface area contributed by atoms with Crippen molar-refractivity contribution in [3.05, 3.63) is 109 Å². The van der Waals surface area contributed by atoms with E-state index in [-0.39, 0.29) is 19.4 Å². The van der Waals surface area contributed by atoms with E-state index in [1.165, 1.54) is 128 Å². The lowest BCUT2D eigenvalue weighted by molar-refractivity contribution is -0.305. The molecular weight excluding hydrogens is 1090 g/mol. The number of ether oxygens (including phenoxy) is 3. The summed E-state index contributed by atoms with van der Waals surface area (Å²) in [7, 11) is 0. The molecule has 0 saturated carbocycles. The van der Waals surface area contributed by atoms with E-state index >= 15 is 0 Å². The van der Waals surface area contributed by atoms with E-state index in [4.69, 9.17) is 14.2 Å². The number of allylic oxidation sites excluding steroid dienone is 17. The van der Waals surface area contributed by atoms with Gasteiger partial charge in [0.25, 0.3) is 0 Å². The fourth-order valence-electron chi connectivity index (χ4n) is 10.6. The predicted molar refractivity (Wildman–Crippen MR) is 365 cm³/mol. The van der Waals surface area contributed by atoms with Crippen LogP contribution in [0.3, 0.4) is 0 Å². The molecule has 1 amide bonds. The minimum atomic E-state index is -1.62. The van der Waals surface area contributed by atoms with Gasteiger partial charge in [0, 0.05) is 6.42 Å². The lowest BCUT2D eigenvalue weighted by Gasteiger charge is -2.41. The number of carbonyl (C=O) groups is 2. The number of nitrogens with one attached hydrogen (secondary N) is 1. The molecule has 8 unspecified atom stereocenters. The standard InChI is InChI=1S/C76H131NO10/c1-4-7-10-13-16-19-22-24-26-28-30-32-34-35-36-38-40-42-44-46-49-52-55-58-61-64-71(81)87-74-73(83)72(82)70(65-78)86-76(74)85-66-67(68(79)62-59-56-53-50-47-21-18-15-12-9-6-3)77-75(84)69(80)63-60-57-54-51-48-45-43-41-39-37-33-31-29-27-25-23-20-17-14-11-8-5-2/h7,10,16-17,19-20,24-27,30-33,35-36,59,62,67-70,72-74,76,78-80,82-83H,4-6,8-9,11-15,18,21-23,28-29,34,37-58,60-61,63-66H2,1-3H3,(H,77,84)/b10-7-,19-16-,20-17-,26-24-,27-25-,32-30-,33-31-,36-35-,62-59+. The van der Waals surface area contributed by atoms with E-state index in [1.54, 1.807) is 6.08 Å². The number of amides is 1. The Balaban J connectivity index is 2.56. The average molecular weight is 1220 g/mol. The zero-order valence-corrected chi connectivity index (χ0v) is 55.6. The van der Waals surface area contributed by atoms with Crippen LogP contribution in [0.2, 0.25) is 0 Å². The minimum absolute atomic E-state index is 0.111. The second-order valence-electron chi connectivity index (χ2n) is 24.2. The molecule has 0 spiro atoms. The maximum Gasteiger partial charge on any atom is 0.306 e.